The normalized spacial score (nSPS) is 10.5. The second-order valence-electron chi connectivity index (χ2n) is 6.44. The fourth-order valence-corrected chi connectivity index (χ4v) is 2.51. The number of carbonyl (C=O) groups is 2. The van der Waals surface area contributed by atoms with Gasteiger partial charge in [-0.25, -0.2) is 9.59 Å². The maximum Gasteiger partial charge on any atom is 0.337 e. The minimum absolute atomic E-state index is 0.208. The number of nitrogens with one attached hydrogen (secondary N) is 2. The van der Waals surface area contributed by atoms with Crippen LogP contribution in [0.3, 0.4) is 0 Å². The van der Waals surface area contributed by atoms with Crippen molar-refractivity contribution in [3.05, 3.63) is 70.8 Å². The van der Waals surface area contributed by atoms with Crippen LogP contribution in [0.2, 0.25) is 0 Å². The monoisotopic (exact) mass is 354 g/mol. The number of hydrogen-bond acceptors (Lipinski definition) is 3. The molecule has 0 unspecified atom stereocenters. The Morgan fingerprint density at radius 2 is 1.54 bits per heavy atom. The molecule has 2 N–H and O–H groups in total. The zero-order chi connectivity index (χ0) is 18.9. The van der Waals surface area contributed by atoms with Crippen molar-refractivity contribution >= 4 is 12.0 Å². The molecule has 2 aromatic carbocycles. The van der Waals surface area contributed by atoms with Crippen LogP contribution in [0.1, 0.15) is 46.8 Å². The molecular weight excluding hydrogens is 328 g/mol. The number of urea groups is 1. The van der Waals surface area contributed by atoms with E-state index in [9.17, 15) is 9.59 Å². The molecule has 26 heavy (non-hydrogen) atoms. The van der Waals surface area contributed by atoms with E-state index in [0.29, 0.717) is 24.6 Å². The molecule has 0 saturated heterocycles. The summed E-state index contributed by atoms with van der Waals surface area (Å²) in [5.41, 5.74) is 3.92. The smallest absolute Gasteiger partial charge is 0.337 e. The van der Waals surface area contributed by atoms with Crippen LogP contribution < -0.4 is 10.6 Å². The van der Waals surface area contributed by atoms with E-state index in [2.05, 4.69) is 53.5 Å². The molecule has 0 aliphatic rings. The van der Waals surface area contributed by atoms with Gasteiger partial charge >= 0.3 is 12.0 Å². The molecule has 0 saturated carbocycles. The van der Waals surface area contributed by atoms with Gasteiger partial charge in [0.05, 0.1) is 12.7 Å². The maximum atomic E-state index is 11.9. The Balaban J connectivity index is 1.71. The van der Waals surface area contributed by atoms with Crippen LogP contribution in [0.4, 0.5) is 4.79 Å². The zero-order valence-corrected chi connectivity index (χ0v) is 15.5. The lowest BCUT2D eigenvalue weighted by Gasteiger charge is -2.09. The summed E-state index contributed by atoms with van der Waals surface area (Å²) >= 11 is 0. The number of esters is 1. The number of amides is 2. The van der Waals surface area contributed by atoms with Gasteiger partial charge in [0.1, 0.15) is 0 Å². The first-order valence-corrected chi connectivity index (χ1v) is 8.77. The van der Waals surface area contributed by atoms with E-state index in [0.717, 1.165) is 12.0 Å². The average molecular weight is 354 g/mol. The number of carbonyl (C=O) groups excluding carboxylic acids is 2. The van der Waals surface area contributed by atoms with Crippen molar-refractivity contribution < 1.29 is 14.3 Å². The highest BCUT2D eigenvalue weighted by Gasteiger charge is 2.05. The van der Waals surface area contributed by atoms with Crippen molar-refractivity contribution in [3.8, 4) is 0 Å². The summed E-state index contributed by atoms with van der Waals surface area (Å²) in [6.45, 7) is 5.32. The molecule has 5 nitrogen and oxygen atoms in total. The molecule has 2 rings (SSSR count). The van der Waals surface area contributed by atoms with Crippen molar-refractivity contribution in [2.75, 3.05) is 13.7 Å². The van der Waals surface area contributed by atoms with Gasteiger partial charge in [0.2, 0.25) is 0 Å². The van der Waals surface area contributed by atoms with Gasteiger partial charge in [-0.2, -0.15) is 0 Å². The van der Waals surface area contributed by atoms with Crippen LogP contribution in [-0.2, 0) is 17.7 Å². The van der Waals surface area contributed by atoms with Gasteiger partial charge in [0, 0.05) is 13.1 Å². The molecule has 2 amide bonds. The minimum Gasteiger partial charge on any atom is -0.465 e. The SMILES string of the molecule is COC(=O)c1ccc(CNC(=O)NCCc2ccc(C(C)C)cc2)cc1. The van der Waals surface area contributed by atoms with Gasteiger partial charge < -0.3 is 15.4 Å². The average Bonchev–Trinajstić information content (AvgIpc) is 2.66. The maximum absolute atomic E-state index is 11.9. The van der Waals surface area contributed by atoms with Crippen LogP contribution >= 0.6 is 0 Å². The Bertz CT molecular complexity index is 722. The number of rotatable bonds is 7. The summed E-state index contributed by atoms with van der Waals surface area (Å²) < 4.78 is 4.65. The molecule has 0 aliphatic carbocycles. The van der Waals surface area contributed by atoms with Gasteiger partial charge in [0.15, 0.2) is 0 Å². The van der Waals surface area contributed by atoms with Crippen LogP contribution in [0, 0.1) is 0 Å². The summed E-state index contributed by atoms with van der Waals surface area (Å²) in [5, 5.41) is 5.66. The molecule has 0 aromatic heterocycles. The van der Waals surface area contributed by atoms with E-state index in [4.69, 9.17) is 0 Å². The second-order valence-corrected chi connectivity index (χ2v) is 6.44. The summed E-state index contributed by atoms with van der Waals surface area (Å²) in [4.78, 5) is 23.3. The molecule has 138 valence electrons. The first-order chi connectivity index (χ1) is 12.5. The lowest BCUT2D eigenvalue weighted by molar-refractivity contribution is 0.0600. The van der Waals surface area contributed by atoms with E-state index in [1.165, 1.54) is 18.2 Å². The molecule has 2 aromatic rings. The molecule has 0 spiro atoms. The fraction of sp³-hybridized carbons (Fsp3) is 0.333. The lowest BCUT2D eigenvalue weighted by Crippen LogP contribution is -2.36. The van der Waals surface area contributed by atoms with Crippen molar-refractivity contribution in [2.24, 2.45) is 0 Å². The largest absolute Gasteiger partial charge is 0.465 e. The zero-order valence-electron chi connectivity index (χ0n) is 15.5. The van der Waals surface area contributed by atoms with E-state index in [1.807, 2.05) is 0 Å². The van der Waals surface area contributed by atoms with Crippen molar-refractivity contribution in [1.29, 1.82) is 0 Å². The molecule has 0 radical (unpaired) electrons. The number of hydrogen-bond donors (Lipinski definition) is 2. The molecule has 5 heteroatoms. The van der Waals surface area contributed by atoms with Gasteiger partial charge in [-0.05, 0) is 41.2 Å². The fourth-order valence-electron chi connectivity index (χ4n) is 2.51. The Hall–Kier alpha value is -2.82. The molecule has 0 bridgehead atoms. The molecule has 0 atom stereocenters. The van der Waals surface area contributed by atoms with Gasteiger partial charge in [0.25, 0.3) is 0 Å². The first-order valence-electron chi connectivity index (χ1n) is 8.77. The highest BCUT2D eigenvalue weighted by molar-refractivity contribution is 5.89. The van der Waals surface area contributed by atoms with Crippen molar-refractivity contribution in [1.82, 2.24) is 10.6 Å². The molecular formula is C21H26N2O3. The van der Waals surface area contributed by atoms with Crippen molar-refractivity contribution in [2.45, 2.75) is 32.7 Å². The Labute approximate surface area is 154 Å². The summed E-state index contributed by atoms with van der Waals surface area (Å²) in [7, 11) is 1.35. The quantitative estimate of drug-likeness (QED) is 0.746. The van der Waals surface area contributed by atoms with Crippen LogP contribution in [0.5, 0.6) is 0 Å². The van der Waals surface area contributed by atoms with Crippen LogP contribution in [0.25, 0.3) is 0 Å². The Morgan fingerprint density at radius 3 is 2.12 bits per heavy atom. The third-order valence-corrected chi connectivity index (χ3v) is 4.17. The highest BCUT2D eigenvalue weighted by Crippen LogP contribution is 2.14. The third-order valence-electron chi connectivity index (χ3n) is 4.17. The Morgan fingerprint density at radius 1 is 0.923 bits per heavy atom. The topological polar surface area (TPSA) is 67.4 Å². The predicted octanol–water partition coefficient (Wildman–Crippen LogP) is 3.64. The van der Waals surface area contributed by atoms with E-state index in [-0.39, 0.29) is 12.0 Å². The first kappa shape index (κ1) is 19.5. The predicted molar refractivity (Wildman–Crippen MR) is 102 cm³/mol. The molecule has 0 aliphatic heterocycles. The molecule has 0 heterocycles. The highest BCUT2D eigenvalue weighted by atomic mass is 16.5. The van der Waals surface area contributed by atoms with E-state index in [1.54, 1.807) is 24.3 Å². The third kappa shape index (κ3) is 5.92. The summed E-state index contributed by atoms with van der Waals surface area (Å²) in [6.07, 6.45) is 0.791. The molecule has 0 fully saturated rings. The van der Waals surface area contributed by atoms with Crippen molar-refractivity contribution in [3.63, 3.8) is 0 Å². The Kier molecular flexibility index (Phi) is 7.21. The van der Waals surface area contributed by atoms with Crippen LogP contribution in [-0.4, -0.2) is 25.7 Å². The van der Waals surface area contributed by atoms with Gasteiger partial charge in [-0.1, -0.05) is 50.2 Å². The van der Waals surface area contributed by atoms with Gasteiger partial charge in [-0.15, -0.1) is 0 Å². The minimum atomic E-state index is -0.372. The van der Waals surface area contributed by atoms with E-state index >= 15 is 0 Å². The lowest BCUT2D eigenvalue weighted by atomic mass is 10.0. The number of methoxy groups -OCH3 is 1. The van der Waals surface area contributed by atoms with Gasteiger partial charge in [-0.3, -0.25) is 0 Å². The van der Waals surface area contributed by atoms with Crippen LogP contribution in [0.15, 0.2) is 48.5 Å². The second kappa shape index (κ2) is 9.61. The summed E-state index contributed by atoms with van der Waals surface area (Å²) in [6, 6.07) is 15.2. The number of benzene rings is 2. The standard InChI is InChI=1S/C21H26N2O3/c1-15(2)18-8-4-16(5-9-18)12-13-22-21(25)23-14-17-6-10-19(11-7-17)20(24)26-3/h4-11,15H,12-14H2,1-3H3,(H2,22,23,25). The number of ether oxygens (including phenoxy) is 1. The summed E-state index contributed by atoms with van der Waals surface area (Å²) in [5.74, 6) is 0.151. The van der Waals surface area contributed by atoms with E-state index < -0.39 is 0 Å².